The molecule has 1 aliphatic heterocycles. The maximum atomic E-state index is 12.5. The number of nitrogens with zero attached hydrogens (tertiary/aromatic N) is 2. The van der Waals surface area contributed by atoms with Crippen LogP contribution in [0.2, 0.25) is 0 Å². The maximum Gasteiger partial charge on any atom is 0.237 e. The number of carbonyl (C=O) groups excluding carboxylic acids is 2. The Morgan fingerprint density at radius 2 is 1.96 bits per heavy atom. The Hall–Kier alpha value is -1.18. The molecule has 0 aromatic rings. The first kappa shape index (κ1) is 19.1. The fourth-order valence-corrected chi connectivity index (χ4v) is 3.57. The third-order valence-corrected chi connectivity index (χ3v) is 5.20. The number of rotatable bonds is 7. The van der Waals surface area contributed by atoms with Gasteiger partial charge in [-0.3, -0.25) is 14.5 Å². The topological polar surface area (TPSA) is 87.9 Å². The first-order chi connectivity index (χ1) is 11.5. The van der Waals surface area contributed by atoms with Crippen molar-refractivity contribution >= 4 is 11.8 Å². The zero-order chi connectivity index (χ0) is 17.5. The van der Waals surface area contributed by atoms with Crippen LogP contribution in [0.4, 0.5) is 0 Å². The molecule has 0 radical (unpaired) electrons. The fraction of sp³-hybridized carbons (Fsp3) is 0.882. The highest BCUT2D eigenvalue weighted by Gasteiger charge is 2.33. The van der Waals surface area contributed by atoms with Crippen LogP contribution >= 0.6 is 0 Å². The van der Waals surface area contributed by atoms with E-state index in [4.69, 9.17) is 10.5 Å². The number of methoxy groups -OCH3 is 1. The van der Waals surface area contributed by atoms with E-state index in [-0.39, 0.29) is 29.8 Å². The molecule has 1 aliphatic carbocycles. The molecule has 2 rings (SSSR count). The average Bonchev–Trinajstić information content (AvgIpc) is 3.04. The summed E-state index contributed by atoms with van der Waals surface area (Å²) in [6.45, 7) is 6.11. The first-order valence-corrected chi connectivity index (χ1v) is 9.08. The van der Waals surface area contributed by atoms with Crippen LogP contribution in [0.15, 0.2) is 0 Å². The van der Waals surface area contributed by atoms with Crippen molar-refractivity contribution < 1.29 is 14.3 Å². The third kappa shape index (κ3) is 5.16. The van der Waals surface area contributed by atoms with Gasteiger partial charge in [-0.25, -0.2) is 0 Å². The van der Waals surface area contributed by atoms with Gasteiger partial charge in [0.25, 0.3) is 0 Å². The van der Waals surface area contributed by atoms with Crippen molar-refractivity contribution in [2.75, 3.05) is 46.4 Å². The van der Waals surface area contributed by atoms with E-state index < -0.39 is 0 Å². The largest absolute Gasteiger partial charge is 0.385 e. The smallest absolute Gasteiger partial charge is 0.237 e. The van der Waals surface area contributed by atoms with Crippen molar-refractivity contribution in [2.45, 2.75) is 44.7 Å². The molecule has 1 saturated carbocycles. The van der Waals surface area contributed by atoms with Crippen molar-refractivity contribution in [3.05, 3.63) is 0 Å². The van der Waals surface area contributed by atoms with Gasteiger partial charge in [0.2, 0.25) is 11.8 Å². The van der Waals surface area contributed by atoms with Gasteiger partial charge in [0.15, 0.2) is 0 Å². The van der Waals surface area contributed by atoms with E-state index in [0.717, 1.165) is 38.8 Å². The minimum atomic E-state index is -0.162. The number of piperazine rings is 1. The van der Waals surface area contributed by atoms with Crippen molar-refractivity contribution in [1.29, 1.82) is 0 Å². The predicted octanol–water partition coefficient (Wildman–Crippen LogP) is -0.201. The molecule has 2 amide bonds. The Morgan fingerprint density at radius 1 is 1.25 bits per heavy atom. The van der Waals surface area contributed by atoms with Gasteiger partial charge >= 0.3 is 0 Å². The second kappa shape index (κ2) is 9.34. The van der Waals surface area contributed by atoms with Gasteiger partial charge in [0.05, 0.1) is 6.04 Å². The molecular formula is C17H32N4O3. The molecular weight excluding hydrogens is 308 g/mol. The lowest BCUT2D eigenvalue weighted by Gasteiger charge is -2.38. The van der Waals surface area contributed by atoms with Crippen LogP contribution in [0, 0.1) is 5.92 Å². The SMILES string of the molecule is COCCCNC(=O)C(C)N1CCN(C(=O)C2CCC(N)C2)CC1. The first-order valence-electron chi connectivity index (χ1n) is 9.08. The normalized spacial score (nSPS) is 26.4. The number of amides is 2. The van der Waals surface area contributed by atoms with Crippen molar-refractivity contribution in [2.24, 2.45) is 11.7 Å². The summed E-state index contributed by atoms with van der Waals surface area (Å²) < 4.78 is 4.98. The van der Waals surface area contributed by atoms with Gasteiger partial charge in [-0.15, -0.1) is 0 Å². The molecule has 2 aliphatic rings. The molecule has 1 heterocycles. The molecule has 0 aromatic heterocycles. The third-order valence-electron chi connectivity index (χ3n) is 5.20. The summed E-state index contributed by atoms with van der Waals surface area (Å²) in [5.74, 6) is 0.403. The Morgan fingerprint density at radius 3 is 2.54 bits per heavy atom. The zero-order valence-corrected chi connectivity index (χ0v) is 15.0. The number of hydrogen-bond donors (Lipinski definition) is 2. The van der Waals surface area contributed by atoms with E-state index in [0.29, 0.717) is 26.2 Å². The molecule has 2 fully saturated rings. The van der Waals surface area contributed by atoms with Gasteiger partial charge in [-0.05, 0) is 32.6 Å². The summed E-state index contributed by atoms with van der Waals surface area (Å²) in [5.41, 5.74) is 5.92. The summed E-state index contributed by atoms with van der Waals surface area (Å²) in [6, 6.07) is 0.0202. The number of ether oxygens (including phenoxy) is 1. The lowest BCUT2D eigenvalue weighted by atomic mass is 10.1. The summed E-state index contributed by atoms with van der Waals surface area (Å²) in [6.07, 6.45) is 3.51. The standard InChI is InChI=1S/C17H32N4O3/c1-13(16(22)19-6-3-11-24-2)20-7-9-21(10-8-20)17(23)14-4-5-15(18)12-14/h13-15H,3-12,18H2,1-2H3,(H,19,22). The van der Waals surface area contributed by atoms with Gasteiger partial charge in [-0.1, -0.05) is 0 Å². The van der Waals surface area contributed by atoms with Crippen LogP contribution in [0.5, 0.6) is 0 Å². The second-order valence-corrected chi connectivity index (χ2v) is 6.94. The van der Waals surface area contributed by atoms with E-state index in [1.54, 1.807) is 7.11 Å². The van der Waals surface area contributed by atoms with Gasteiger partial charge < -0.3 is 20.7 Å². The Kier molecular flexibility index (Phi) is 7.45. The van der Waals surface area contributed by atoms with Crippen LogP contribution in [-0.4, -0.2) is 80.1 Å². The van der Waals surface area contributed by atoms with Crippen molar-refractivity contribution in [1.82, 2.24) is 15.1 Å². The van der Waals surface area contributed by atoms with Crippen LogP contribution in [0.25, 0.3) is 0 Å². The Balaban J connectivity index is 1.71. The average molecular weight is 340 g/mol. The summed E-state index contributed by atoms with van der Waals surface area (Å²) >= 11 is 0. The van der Waals surface area contributed by atoms with E-state index in [1.165, 1.54) is 0 Å². The monoisotopic (exact) mass is 340 g/mol. The molecule has 7 heteroatoms. The predicted molar refractivity (Wildman–Crippen MR) is 92.4 cm³/mol. The quantitative estimate of drug-likeness (QED) is 0.627. The van der Waals surface area contributed by atoms with E-state index in [9.17, 15) is 9.59 Å². The van der Waals surface area contributed by atoms with Crippen molar-refractivity contribution in [3.63, 3.8) is 0 Å². The molecule has 24 heavy (non-hydrogen) atoms. The number of hydrogen-bond acceptors (Lipinski definition) is 5. The molecule has 0 bridgehead atoms. The molecule has 3 unspecified atom stereocenters. The molecule has 1 saturated heterocycles. The minimum absolute atomic E-state index is 0.0487. The Bertz CT molecular complexity index is 424. The molecule has 0 spiro atoms. The Labute approximate surface area is 144 Å². The van der Waals surface area contributed by atoms with Crippen molar-refractivity contribution in [3.8, 4) is 0 Å². The number of carbonyl (C=O) groups is 2. The lowest BCUT2D eigenvalue weighted by Crippen LogP contribution is -2.55. The van der Waals surface area contributed by atoms with Crippen LogP contribution in [0.3, 0.4) is 0 Å². The summed E-state index contributed by atoms with van der Waals surface area (Å²) in [4.78, 5) is 28.8. The van der Waals surface area contributed by atoms with Gasteiger partial charge in [0.1, 0.15) is 0 Å². The second-order valence-electron chi connectivity index (χ2n) is 6.94. The summed E-state index contributed by atoms with van der Waals surface area (Å²) in [7, 11) is 1.66. The lowest BCUT2D eigenvalue weighted by molar-refractivity contribution is -0.138. The molecule has 0 aromatic carbocycles. The molecule has 7 nitrogen and oxygen atoms in total. The number of nitrogens with two attached hydrogens (primary N) is 1. The molecule has 138 valence electrons. The molecule has 3 atom stereocenters. The van der Waals surface area contributed by atoms with E-state index >= 15 is 0 Å². The van der Waals surface area contributed by atoms with E-state index in [1.807, 2.05) is 11.8 Å². The van der Waals surface area contributed by atoms with Gasteiger partial charge in [-0.2, -0.15) is 0 Å². The van der Waals surface area contributed by atoms with E-state index in [2.05, 4.69) is 10.2 Å². The highest BCUT2D eigenvalue weighted by molar-refractivity contribution is 5.81. The minimum Gasteiger partial charge on any atom is -0.385 e. The molecule has 3 N–H and O–H groups in total. The maximum absolute atomic E-state index is 12.5. The highest BCUT2D eigenvalue weighted by Crippen LogP contribution is 2.26. The van der Waals surface area contributed by atoms with Crippen LogP contribution in [-0.2, 0) is 14.3 Å². The fourth-order valence-electron chi connectivity index (χ4n) is 3.57. The van der Waals surface area contributed by atoms with Gasteiger partial charge in [0, 0.05) is 58.4 Å². The van der Waals surface area contributed by atoms with Crippen LogP contribution < -0.4 is 11.1 Å². The highest BCUT2D eigenvalue weighted by atomic mass is 16.5. The summed E-state index contributed by atoms with van der Waals surface area (Å²) in [5, 5.41) is 2.94. The zero-order valence-electron chi connectivity index (χ0n) is 15.0. The number of nitrogens with one attached hydrogen (secondary N) is 1. The van der Waals surface area contributed by atoms with Crippen LogP contribution in [0.1, 0.15) is 32.6 Å².